The van der Waals surface area contributed by atoms with Gasteiger partial charge in [0.05, 0.1) is 36.5 Å². The highest BCUT2D eigenvalue weighted by atomic mass is 16.5. The zero-order valence-electron chi connectivity index (χ0n) is 18.8. The number of anilines is 1. The summed E-state index contributed by atoms with van der Waals surface area (Å²) in [6.45, 7) is 5.94. The van der Waals surface area contributed by atoms with Gasteiger partial charge < -0.3 is 20.1 Å². The molecule has 0 saturated carbocycles. The van der Waals surface area contributed by atoms with Gasteiger partial charge in [0.25, 0.3) is 5.91 Å². The number of amides is 1. The van der Waals surface area contributed by atoms with Crippen molar-refractivity contribution in [3.8, 4) is 0 Å². The van der Waals surface area contributed by atoms with E-state index < -0.39 is 0 Å². The largest absolute Gasteiger partial charge is 0.468 e. The van der Waals surface area contributed by atoms with Crippen LogP contribution >= 0.6 is 0 Å². The maximum Gasteiger partial charge on any atom is 0.319 e. The number of nitrogens with one attached hydrogen (secondary N) is 2. The fraction of sp³-hybridized carbons (Fsp3) is 0.636. The Labute approximate surface area is 187 Å². The number of pyridine rings is 1. The van der Waals surface area contributed by atoms with E-state index in [-0.39, 0.29) is 24.0 Å². The average Bonchev–Trinajstić information content (AvgIpc) is 3.25. The smallest absolute Gasteiger partial charge is 0.319 e. The lowest BCUT2D eigenvalue weighted by molar-refractivity contribution is -0.142. The van der Waals surface area contributed by atoms with E-state index >= 15 is 0 Å². The molecule has 2 aliphatic rings. The highest BCUT2D eigenvalue weighted by Crippen LogP contribution is 2.28. The van der Waals surface area contributed by atoms with E-state index in [1.807, 2.05) is 11.6 Å². The van der Waals surface area contributed by atoms with Gasteiger partial charge in [0.15, 0.2) is 5.65 Å². The van der Waals surface area contributed by atoms with E-state index in [9.17, 15) is 9.59 Å². The molecule has 2 aromatic heterocycles. The van der Waals surface area contributed by atoms with Gasteiger partial charge >= 0.3 is 5.97 Å². The molecule has 2 fully saturated rings. The molecule has 0 radical (unpaired) electrons. The number of fused-ring (bicyclic) bond motifs is 1. The van der Waals surface area contributed by atoms with Crippen molar-refractivity contribution in [2.24, 2.45) is 0 Å². The van der Waals surface area contributed by atoms with E-state index in [2.05, 4.69) is 25.6 Å². The number of aryl methyl sites for hydroxylation is 1. The molecule has 0 aromatic carbocycles. The lowest BCUT2D eigenvalue weighted by atomic mass is 10.0. The molecule has 10 heteroatoms. The van der Waals surface area contributed by atoms with Gasteiger partial charge in [-0.2, -0.15) is 5.10 Å². The monoisotopic (exact) mass is 444 g/mol. The van der Waals surface area contributed by atoms with Crippen molar-refractivity contribution in [2.45, 2.75) is 51.2 Å². The molecule has 0 unspecified atom stereocenters. The van der Waals surface area contributed by atoms with Crippen molar-refractivity contribution in [1.82, 2.24) is 25.0 Å². The molecule has 0 bridgehead atoms. The first-order chi connectivity index (χ1) is 15.6. The summed E-state index contributed by atoms with van der Waals surface area (Å²) in [6, 6.07) is 0.300. The molecule has 32 heavy (non-hydrogen) atoms. The highest BCUT2D eigenvalue weighted by molar-refractivity contribution is 6.06. The number of ether oxygens (including phenoxy) is 2. The lowest BCUT2D eigenvalue weighted by Crippen LogP contribution is -2.46. The number of methoxy groups -OCH3 is 1. The number of carbonyl (C=O) groups excluding carboxylic acids is 2. The third-order valence-electron chi connectivity index (χ3n) is 6.28. The normalized spacial score (nSPS) is 18.6. The first kappa shape index (κ1) is 22.5. The van der Waals surface area contributed by atoms with Crippen LogP contribution in [0.4, 0.5) is 5.69 Å². The summed E-state index contributed by atoms with van der Waals surface area (Å²) in [4.78, 5) is 31.4. The molecule has 0 spiro atoms. The molecule has 4 heterocycles. The molecule has 1 amide bonds. The van der Waals surface area contributed by atoms with E-state index in [1.165, 1.54) is 7.11 Å². The van der Waals surface area contributed by atoms with Crippen LogP contribution in [-0.2, 0) is 20.8 Å². The van der Waals surface area contributed by atoms with Gasteiger partial charge in [0.2, 0.25) is 0 Å². The molecule has 0 atom stereocenters. The van der Waals surface area contributed by atoms with Crippen LogP contribution in [0.1, 0.15) is 43.0 Å². The van der Waals surface area contributed by atoms with Gasteiger partial charge in [-0.15, -0.1) is 0 Å². The Morgan fingerprint density at radius 3 is 2.59 bits per heavy atom. The summed E-state index contributed by atoms with van der Waals surface area (Å²) in [5, 5.41) is 12.1. The second-order valence-electron chi connectivity index (χ2n) is 8.38. The van der Waals surface area contributed by atoms with E-state index in [4.69, 9.17) is 9.47 Å². The van der Waals surface area contributed by atoms with Crippen LogP contribution in [0, 0.1) is 0 Å². The molecule has 2 N–H and O–H groups in total. The quantitative estimate of drug-likeness (QED) is 0.617. The molecular formula is C22H32N6O4. The summed E-state index contributed by atoms with van der Waals surface area (Å²) in [6.07, 6.45) is 6.80. The van der Waals surface area contributed by atoms with Crippen molar-refractivity contribution in [3.05, 3.63) is 18.0 Å². The van der Waals surface area contributed by atoms with Crippen LogP contribution in [0.25, 0.3) is 11.0 Å². The SMILES string of the molecule is CCn1ncc2c(NC3CCOCC3)c(C(=O)NC3CCN(CC(=O)OC)CC3)cnc21. The molecular weight excluding hydrogens is 412 g/mol. The van der Waals surface area contributed by atoms with Crippen molar-refractivity contribution in [3.63, 3.8) is 0 Å². The second-order valence-corrected chi connectivity index (χ2v) is 8.38. The number of hydrogen-bond donors (Lipinski definition) is 2. The summed E-state index contributed by atoms with van der Waals surface area (Å²) in [5.41, 5.74) is 2.11. The maximum absolute atomic E-state index is 13.3. The minimum atomic E-state index is -0.233. The van der Waals surface area contributed by atoms with Gasteiger partial charge in [-0.25, -0.2) is 9.67 Å². The van der Waals surface area contributed by atoms with Crippen LogP contribution in [0.15, 0.2) is 12.4 Å². The summed E-state index contributed by atoms with van der Waals surface area (Å²) < 4.78 is 12.1. The van der Waals surface area contributed by atoms with Crippen molar-refractivity contribution in [1.29, 1.82) is 0 Å². The van der Waals surface area contributed by atoms with Gasteiger partial charge in [0, 0.05) is 51.1 Å². The average molecular weight is 445 g/mol. The van der Waals surface area contributed by atoms with Gasteiger partial charge in [-0.3, -0.25) is 14.5 Å². The minimum Gasteiger partial charge on any atom is -0.468 e. The molecule has 4 rings (SSSR count). The Balaban J connectivity index is 1.49. The highest BCUT2D eigenvalue weighted by Gasteiger charge is 2.26. The van der Waals surface area contributed by atoms with Crippen molar-refractivity contribution >= 4 is 28.6 Å². The van der Waals surface area contributed by atoms with Gasteiger partial charge in [-0.1, -0.05) is 0 Å². The molecule has 2 aromatic rings. The minimum absolute atomic E-state index is 0.0568. The Kier molecular flexibility index (Phi) is 7.21. The predicted octanol–water partition coefficient (Wildman–Crippen LogP) is 1.41. The third kappa shape index (κ3) is 5.02. The summed E-state index contributed by atoms with van der Waals surface area (Å²) in [7, 11) is 1.40. The number of esters is 1. The Morgan fingerprint density at radius 2 is 1.91 bits per heavy atom. The van der Waals surface area contributed by atoms with Gasteiger partial charge in [0.1, 0.15) is 0 Å². The fourth-order valence-electron chi connectivity index (χ4n) is 4.38. The second kappa shape index (κ2) is 10.3. The topological polar surface area (TPSA) is 111 Å². The fourth-order valence-corrected chi connectivity index (χ4v) is 4.38. The van der Waals surface area contributed by atoms with E-state index in [0.29, 0.717) is 31.9 Å². The zero-order valence-corrected chi connectivity index (χ0v) is 18.8. The predicted molar refractivity (Wildman–Crippen MR) is 120 cm³/mol. The number of piperidine rings is 1. The first-order valence-corrected chi connectivity index (χ1v) is 11.4. The lowest BCUT2D eigenvalue weighted by Gasteiger charge is -2.31. The van der Waals surface area contributed by atoms with E-state index in [0.717, 1.165) is 55.5 Å². The summed E-state index contributed by atoms with van der Waals surface area (Å²) in [5.74, 6) is -0.368. The van der Waals surface area contributed by atoms with Gasteiger partial charge in [-0.05, 0) is 32.6 Å². The number of nitrogens with zero attached hydrogens (tertiary/aromatic N) is 4. The van der Waals surface area contributed by atoms with Crippen LogP contribution in [-0.4, -0.2) is 83.6 Å². The maximum atomic E-state index is 13.3. The number of hydrogen-bond acceptors (Lipinski definition) is 8. The number of rotatable bonds is 7. The first-order valence-electron chi connectivity index (χ1n) is 11.4. The molecule has 2 aliphatic heterocycles. The number of likely N-dealkylation sites (tertiary alicyclic amines) is 1. The Morgan fingerprint density at radius 1 is 1.16 bits per heavy atom. The van der Waals surface area contributed by atoms with Crippen LogP contribution in [0.2, 0.25) is 0 Å². The Bertz CT molecular complexity index is 947. The van der Waals surface area contributed by atoms with E-state index in [1.54, 1.807) is 12.4 Å². The van der Waals surface area contributed by atoms with Crippen molar-refractivity contribution in [2.75, 3.05) is 45.3 Å². The molecule has 2 saturated heterocycles. The van der Waals surface area contributed by atoms with Crippen molar-refractivity contribution < 1.29 is 19.1 Å². The molecule has 10 nitrogen and oxygen atoms in total. The Hall–Kier alpha value is -2.72. The van der Waals surface area contributed by atoms with Crippen LogP contribution in [0.3, 0.4) is 0 Å². The molecule has 0 aliphatic carbocycles. The third-order valence-corrected chi connectivity index (χ3v) is 6.28. The van der Waals surface area contributed by atoms with Crippen LogP contribution in [0.5, 0.6) is 0 Å². The number of aromatic nitrogens is 3. The zero-order chi connectivity index (χ0) is 22.5. The number of carbonyl (C=O) groups is 2. The standard InChI is InChI=1S/C22H32N6O4/c1-3-28-21-17(13-24-28)20(25-16-6-10-32-11-7-16)18(12-23-21)22(30)26-15-4-8-27(9-5-15)14-19(29)31-2/h12-13,15-16H,3-11,14H2,1-2H3,(H,23,25)(H,26,30). The summed E-state index contributed by atoms with van der Waals surface area (Å²) >= 11 is 0. The molecule has 174 valence electrons. The van der Waals surface area contributed by atoms with Crippen LogP contribution < -0.4 is 10.6 Å².